The second-order valence-electron chi connectivity index (χ2n) is 6.36. The molecule has 0 aliphatic rings. The van der Waals surface area contributed by atoms with Gasteiger partial charge in [-0.05, 0) is 30.3 Å². The molecule has 0 radical (unpaired) electrons. The maximum Gasteiger partial charge on any atom is 0.269 e. The number of pyridine rings is 1. The molecule has 1 atom stereocenters. The first-order valence-corrected chi connectivity index (χ1v) is 9.06. The molecule has 0 unspecified atom stereocenters. The minimum absolute atomic E-state index is 0.107. The molecule has 0 saturated heterocycles. The maximum atomic E-state index is 11.7. The predicted molar refractivity (Wildman–Crippen MR) is 109 cm³/mol. The summed E-state index contributed by atoms with van der Waals surface area (Å²) in [5, 5.41) is 15.2. The summed E-state index contributed by atoms with van der Waals surface area (Å²) >= 11 is 6.23. The van der Waals surface area contributed by atoms with Crippen LogP contribution in [-0.4, -0.2) is 56.8 Å². The monoisotopic (exact) mass is 411 g/mol. The number of nitrogens with two attached hydrogens (primary N) is 1. The van der Waals surface area contributed by atoms with Gasteiger partial charge in [0.05, 0.1) is 11.1 Å². The first kappa shape index (κ1) is 20.3. The van der Waals surface area contributed by atoms with Crippen molar-refractivity contribution in [1.82, 2.24) is 19.7 Å². The molecule has 8 nitrogen and oxygen atoms in total. The van der Waals surface area contributed by atoms with Gasteiger partial charge in [-0.25, -0.2) is 9.67 Å². The van der Waals surface area contributed by atoms with E-state index in [4.69, 9.17) is 17.3 Å². The second-order valence-corrected chi connectivity index (χ2v) is 6.79. The van der Waals surface area contributed by atoms with Crippen LogP contribution in [0.5, 0.6) is 0 Å². The van der Waals surface area contributed by atoms with Crippen LogP contribution in [-0.2, 0) is 4.79 Å². The van der Waals surface area contributed by atoms with E-state index in [0.717, 1.165) is 0 Å². The van der Waals surface area contributed by atoms with Crippen LogP contribution in [0.4, 0.5) is 0 Å². The lowest BCUT2D eigenvalue weighted by molar-refractivity contribution is -0.117. The van der Waals surface area contributed by atoms with Crippen LogP contribution in [0.15, 0.2) is 36.5 Å². The minimum Gasteiger partial charge on any atom is -0.380 e. The van der Waals surface area contributed by atoms with Crippen molar-refractivity contribution in [2.24, 2.45) is 5.73 Å². The molecule has 2 amide bonds. The molecule has 3 N–H and O–H groups in total. The number of hydrogen-bond donors (Lipinski definition) is 2. The molecule has 0 bridgehead atoms. The number of carbonyl (C=O) groups excluding carboxylic acids is 2. The van der Waals surface area contributed by atoms with Gasteiger partial charge >= 0.3 is 0 Å². The van der Waals surface area contributed by atoms with Gasteiger partial charge in [0.15, 0.2) is 11.3 Å². The molecule has 3 aromatic rings. The van der Waals surface area contributed by atoms with Crippen molar-refractivity contribution in [2.75, 3.05) is 13.6 Å². The molecule has 9 heteroatoms. The standard InChI is InChI=1S/C20H18ClN5O3/c1-25(12-27)8-6-16(28)5-4-13-9-14(21)11-15(10-13)26-20-17(3-2-7-23-20)18(24-26)19(22)29/h2-3,7,9-12,16,28H,6,8H2,1H3,(H2,22,29)/t16-/m0/s1. The molecule has 148 valence electrons. The Labute approximate surface area is 171 Å². The van der Waals surface area contributed by atoms with E-state index in [1.165, 1.54) is 9.58 Å². The summed E-state index contributed by atoms with van der Waals surface area (Å²) in [7, 11) is 1.62. The average Bonchev–Trinajstić information content (AvgIpc) is 3.10. The van der Waals surface area contributed by atoms with Crippen LogP contribution in [0.2, 0.25) is 5.02 Å². The van der Waals surface area contributed by atoms with Gasteiger partial charge in [-0.1, -0.05) is 23.4 Å². The van der Waals surface area contributed by atoms with Gasteiger partial charge in [-0.3, -0.25) is 9.59 Å². The number of fused-ring (bicyclic) bond motifs is 1. The number of amides is 2. The molecule has 0 aliphatic carbocycles. The largest absolute Gasteiger partial charge is 0.380 e. The van der Waals surface area contributed by atoms with Gasteiger partial charge in [0.25, 0.3) is 5.91 Å². The molecule has 0 saturated carbocycles. The number of aliphatic hydroxyl groups is 1. The number of benzene rings is 1. The molecular weight excluding hydrogens is 394 g/mol. The SMILES string of the molecule is CN(C=O)CC[C@@H](O)C#Cc1cc(Cl)cc(-n2nc(C(N)=O)c3cccnc32)c1. The van der Waals surface area contributed by atoms with Gasteiger partial charge in [-0.15, -0.1) is 0 Å². The Hall–Kier alpha value is -3.41. The van der Waals surface area contributed by atoms with Crippen molar-refractivity contribution in [3.8, 4) is 17.5 Å². The van der Waals surface area contributed by atoms with E-state index in [2.05, 4.69) is 21.9 Å². The van der Waals surface area contributed by atoms with Crippen LogP contribution < -0.4 is 5.73 Å². The topological polar surface area (TPSA) is 114 Å². The molecule has 2 aromatic heterocycles. The van der Waals surface area contributed by atoms with Gasteiger partial charge in [0, 0.05) is 36.8 Å². The third-order valence-electron chi connectivity index (χ3n) is 4.12. The quantitative estimate of drug-likeness (QED) is 0.469. The summed E-state index contributed by atoms with van der Waals surface area (Å²) in [4.78, 5) is 28.0. The van der Waals surface area contributed by atoms with Crippen molar-refractivity contribution in [1.29, 1.82) is 0 Å². The molecule has 29 heavy (non-hydrogen) atoms. The highest BCUT2D eigenvalue weighted by Gasteiger charge is 2.17. The van der Waals surface area contributed by atoms with Crippen molar-refractivity contribution in [2.45, 2.75) is 12.5 Å². The number of carbonyl (C=O) groups is 2. The summed E-state index contributed by atoms with van der Waals surface area (Å²) in [6.45, 7) is 0.390. The zero-order valence-electron chi connectivity index (χ0n) is 15.5. The highest BCUT2D eigenvalue weighted by molar-refractivity contribution is 6.30. The van der Waals surface area contributed by atoms with E-state index in [1.807, 2.05) is 0 Å². The number of nitrogens with zero attached hydrogens (tertiary/aromatic N) is 4. The molecule has 3 rings (SSSR count). The van der Waals surface area contributed by atoms with Gasteiger partial charge in [-0.2, -0.15) is 5.10 Å². The van der Waals surface area contributed by atoms with E-state index in [-0.39, 0.29) is 5.69 Å². The number of hydrogen-bond acceptors (Lipinski definition) is 5. The first-order valence-electron chi connectivity index (χ1n) is 8.68. The highest BCUT2D eigenvalue weighted by atomic mass is 35.5. The normalized spacial score (nSPS) is 11.6. The number of aromatic nitrogens is 3. The summed E-state index contributed by atoms with van der Waals surface area (Å²) in [5.41, 5.74) is 7.09. The molecule has 1 aromatic carbocycles. The van der Waals surface area contributed by atoms with E-state index in [9.17, 15) is 14.7 Å². The molecular formula is C20H18ClN5O3. The number of aliphatic hydroxyl groups excluding tert-OH is 1. The maximum absolute atomic E-state index is 11.7. The summed E-state index contributed by atoms with van der Waals surface area (Å²) in [5.74, 6) is 4.94. The number of halogens is 1. The lowest BCUT2D eigenvalue weighted by Crippen LogP contribution is -2.21. The first-order chi connectivity index (χ1) is 13.9. The van der Waals surface area contributed by atoms with Crippen molar-refractivity contribution in [3.05, 3.63) is 52.8 Å². The van der Waals surface area contributed by atoms with Crippen LogP contribution in [0.1, 0.15) is 22.5 Å². The zero-order chi connectivity index (χ0) is 21.0. The van der Waals surface area contributed by atoms with E-state index >= 15 is 0 Å². The number of primary amides is 1. The third-order valence-corrected chi connectivity index (χ3v) is 4.34. The molecule has 0 spiro atoms. The fourth-order valence-corrected chi connectivity index (χ4v) is 2.93. The number of rotatable bonds is 6. The highest BCUT2D eigenvalue weighted by Crippen LogP contribution is 2.23. The van der Waals surface area contributed by atoms with Crippen LogP contribution in [0.25, 0.3) is 16.7 Å². The van der Waals surface area contributed by atoms with Gasteiger partial charge in [0.2, 0.25) is 6.41 Å². The summed E-state index contributed by atoms with van der Waals surface area (Å²) in [6, 6.07) is 8.43. The Bertz CT molecular complexity index is 1130. The van der Waals surface area contributed by atoms with E-state index in [0.29, 0.717) is 46.7 Å². The molecule has 2 heterocycles. The lowest BCUT2D eigenvalue weighted by atomic mass is 10.1. The summed E-state index contributed by atoms with van der Waals surface area (Å²) < 4.78 is 1.47. The minimum atomic E-state index is -0.895. The van der Waals surface area contributed by atoms with Gasteiger partial charge in [0.1, 0.15) is 6.10 Å². The van der Waals surface area contributed by atoms with Crippen LogP contribution in [0, 0.1) is 11.8 Å². The predicted octanol–water partition coefficient (Wildman–Crippen LogP) is 1.36. The fourth-order valence-electron chi connectivity index (χ4n) is 2.70. The Balaban J connectivity index is 1.95. The van der Waals surface area contributed by atoms with Crippen LogP contribution in [0.3, 0.4) is 0 Å². The van der Waals surface area contributed by atoms with Gasteiger partial charge < -0.3 is 15.7 Å². The van der Waals surface area contributed by atoms with Crippen molar-refractivity contribution < 1.29 is 14.7 Å². The van der Waals surface area contributed by atoms with E-state index in [1.54, 1.807) is 43.6 Å². The summed E-state index contributed by atoms with van der Waals surface area (Å²) in [6.07, 6.45) is 1.70. The smallest absolute Gasteiger partial charge is 0.269 e. The van der Waals surface area contributed by atoms with Crippen molar-refractivity contribution in [3.63, 3.8) is 0 Å². The second kappa shape index (κ2) is 8.73. The lowest BCUT2D eigenvalue weighted by Gasteiger charge is -2.10. The third kappa shape index (κ3) is 4.71. The van der Waals surface area contributed by atoms with Crippen LogP contribution >= 0.6 is 11.6 Å². The van der Waals surface area contributed by atoms with E-state index < -0.39 is 12.0 Å². The fraction of sp³-hybridized carbons (Fsp3) is 0.200. The Morgan fingerprint density at radius 2 is 2.24 bits per heavy atom. The Morgan fingerprint density at radius 3 is 2.97 bits per heavy atom. The van der Waals surface area contributed by atoms with Crippen molar-refractivity contribution >= 4 is 35.0 Å². The average molecular weight is 412 g/mol. The Kier molecular flexibility index (Phi) is 6.12. The molecule has 0 fully saturated rings. The Morgan fingerprint density at radius 1 is 1.45 bits per heavy atom. The molecule has 0 aliphatic heterocycles. The zero-order valence-corrected chi connectivity index (χ0v) is 16.3.